The van der Waals surface area contributed by atoms with Gasteiger partial charge in [-0.05, 0) is 18.4 Å². The van der Waals surface area contributed by atoms with E-state index in [-0.39, 0.29) is 6.61 Å². The summed E-state index contributed by atoms with van der Waals surface area (Å²) in [7, 11) is 0. The fourth-order valence-corrected chi connectivity index (χ4v) is 2.13. The average molecular weight is 255 g/mol. The smallest absolute Gasteiger partial charge is 0.130 e. The summed E-state index contributed by atoms with van der Waals surface area (Å²) < 4.78 is 31.6. The Hall–Kier alpha value is -1.00. The Labute approximate surface area is 106 Å². The van der Waals surface area contributed by atoms with Crippen LogP contribution in [0.5, 0.6) is 0 Å². The quantitative estimate of drug-likeness (QED) is 0.792. The Balaban J connectivity index is 1.74. The van der Waals surface area contributed by atoms with Crippen molar-refractivity contribution < 1.29 is 13.5 Å². The van der Waals surface area contributed by atoms with Gasteiger partial charge in [0.2, 0.25) is 0 Å². The zero-order valence-corrected chi connectivity index (χ0v) is 10.4. The monoisotopic (exact) mass is 255 g/mol. The second-order valence-corrected chi connectivity index (χ2v) is 4.93. The summed E-state index contributed by atoms with van der Waals surface area (Å²) in [5.74, 6) is -0.400. The molecule has 0 spiro atoms. The highest BCUT2D eigenvalue weighted by Crippen LogP contribution is 2.29. The molecule has 1 aliphatic carbocycles. The van der Waals surface area contributed by atoms with E-state index in [0.29, 0.717) is 12.2 Å². The number of halogens is 2. The number of rotatable bonds is 6. The van der Waals surface area contributed by atoms with Crippen molar-refractivity contribution in [2.24, 2.45) is 11.7 Å². The summed E-state index contributed by atoms with van der Waals surface area (Å²) >= 11 is 0. The van der Waals surface area contributed by atoms with E-state index < -0.39 is 17.7 Å². The van der Waals surface area contributed by atoms with Crippen LogP contribution in [0, 0.1) is 17.6 Å². The topological polar surface area (TPSA) is 35.2 Å². The fraction of sp³-hybridized carbons (Fsp3) is 0.571. The Morgan fingerprint density at radius 3 is 2.72 bits per heavy atom. The number of hydrogen-bond acceptors (Lipinski definition) is 2. The Bertz CT molecular complexity index is 393. The molecule has 0 aliphatic heterocycles. The molecule has 0 radical (unpaired) electrons. The van der Waals surface area contributed by atoms with Gasteiger partial charge in [0, 0.05) is 18.2 Å². The van der Waals surface area contributed by atoms with E-state index in [1.807, 2.05) is 0 Å². The molecule has 1 aromatic carbocycles. The molecule has 0 amide bonds. The number of nitrogens with two attached hydrogens (primary N) is 1. The molecule has 4 heteroatoms. The van der Waals surface area contributed by atoms with Gasteiger partial charge >= 0.3 is 0 Å². The summed E-state index contributed by atoms with van der Waals surface area (Å²) in [5, 5.41) is 0. The van der Waals surface area contributed by atoms with Gasteiger partial charge in [-0.25, -0.2) is 8.78 Å². The molecule has 1 aromatic rings. The second-order valence-electron chi connectivity index (χ2n) is 4.93. The summed E-state index contributed by atoms with van der Waals surface area (Å²) in [4.78, 5) is 0. The average Bonchev–Trinajstić information content (AvgIpc) is 2.26. The minimum atomic E-state index is -0.606. The molecule has 18 heavy (non-hydrogen) atoms. The van der Waals surface area contributed by atoms with Gasteiger partial charge in [0.1, 0.15) is 11.6 Å². The minimum Gasteiger partial charge on any atom is -0.379 e. The number of benzene rings is 1. The third-order valence-corrected chi connectivity index (χ3v) is 3.55. The van der Waals surface area contributed by atoms with Gasteiger partial charge in [-0.2, -0.15) is 0 Å². The first kappa shape index (κ1) is 13.4. The molecule has 1 unspecified atom stereocenters. The van der Waals surface area contributed by atoms with Crippen LogP contribution in [-0.4, -0.2) is 13.2 Å². The van der Waals surface area contributed by atoms with Crippen LogP contribution in [0.25, 0.3) is 0 Å². The van der Waals surface area contributed by atoms with Crippen LogP contribution in [-0.2, 0) is 4.74 Å². The molecular formula is C14H19F2NO. The lowest BCUT2D eigenvalue weighted by Crippen LogP contribution is -2.20. The third-order valence-electron chi connectivity index (χ3n) is 3.55. The summed E-state index contributed by atoms with van der Waals surface area (Å²) in [6, 6.07) is 2.91. The fourth-order valence-electron chi connectivity index (χ4n) is 2.13. The zero-order valence-electron chi connectivity index (χ0n) is 10.4. The van der Waals surface area contributed by atoms with Gasteiger partial charge < -0.3 is 10.5 Å². The van der Waals surface area contributed by atoms with Crippen molar-refractivity contribution in [1.82, 2.24) is 0 Å². The van der Waals surface area contributed by atoms with Crippen molar-refractivity contribution in [3.63, 3.8) is 0 Å². The van der Waals surface area contributed by atoms with Crippen LogP contribution in [0.1, 0.15) is 37.3 Å². The van der Waals surface area contributed by atoms with Crippen molar-refractivity contribution in [3.8, 4) is 0 Å². The lowest BCUT2D eigenvalue weighted by Gasteiger charge is -2.25. The predicted molar refractivity (Wildman–Crippen MR) is 66.1 cm³/mol. The summed E-state index contributed by atoms with van der Waals surface area (Å²) in [6.45, 7) is 0.941. The van der Waals surface area contributed by atoms with E-state index in [1.165, 1.54) is 31.4 Å². The molecule has 1 aliphatic rings. The molecule has 1 saturated carbocycles. The van der Waals surface area contributed by atoms with Crippen molar-refractivity contribution in [2.75, 3.05) is 13.2 Å². The molecule has 2 N–H and O–H groups in total. The van der Waals surface area contributed by atoms with E-state index in [0.717, 1.165) is 18.4 Å². The van der Waals surface area contributed by atoms with Gasteiger partial charge in [0.25, 0.3) is 0 Å². The zero-order chi connectivity index (χ0) is 13.0. The SMILES string of the molecule is NC(COCCC1CCC1)c1ccc(F)cc1F. The molecule has 2 nitrogen and oxygen atoms in total. The molecule has 0 aromatic heterocycles. The van der Waals surface area contributed by atoms with Crippen LogP contribution in [0.4, 0.5) is 8.78 Å². The maximum absolute atomic E-state index is 13.4. The van der Waals surface area contributed by atoms with Crippen molar-refractivity contribution in [3.05, 3.63) is 35.4 Å². The molecular weight excluding hydrogens is 236 g/mol. The van der Waals surface area contributed by atoms with Crippen LogP contribution in [0.15, 0.2) is 18.2 Å². The molecule has 0 saturated heterocycles. The van der Waals surface area contributed by atoms with E-state index >= 15 is 0 Å². The second kappa shape index (κ2) is 6.25. The van der Waals surface area contributed by atoms with Crippen molar-refractivity contribution in [1.29, 1.82) is 0 Å². The van der Waals surface area contributed by atoms with E-state index in [1.54, 1.807) is 0 Å². The van der Waals surface area contributed by atoms with Crippen molar-refractivity contribution in [2.45, 2.75) is 31.7 Å². The Morgan fingerprint density at radius 2 is 2.11 bits per heavy atom. The minimum absolute atomic E-state index is 0.273. The first-order chi connectivity index (χ1) is 8.66. The van der Waals surface area contributed by atoms with E-state index in [9.17, 15) is 8.78 Å². The van der Waals surface area contributed by atoms with Gasteiger partial charge in [-0.15, -0.1) is 0 Å². The number of hydrogen-bond donors (Lipinski definition) is 1. The van der Waals surface area contributed by atoms with Gasteiger partial charge in [0.15, 0.2) is 0 Å². The van der Waals surface area contributed by atoms with Gasteiger partial charge in [-0.3, -0.25) is 0 Å². The first-order valence-electron chi connectivity index (χ1n) is 6.45. The maximum atomic E-state index is 13.4. The molecule has 1 atom stereocenters. The highest BCUT2D eigenvalue weighted by Gasteiger charge is 2.17. The van der Waals surface area contributed by atoms with Crippen LogP contribution >= 0.6 is 0 Å². The molecule has 0 bridgehead atoms. The third kappa shape index (κ3) is 3.50. The normalized spacial score (nSPS) is 17.5. The molecule has 100 valence electrons. The van der Waals surface area contributed by atoms with Crippen LogP contribution in [0.3, 0.4) is 0 Å². The van der Waals surface area contributed by atoms with Gasteiger partial charge in [0.05, 0.1) is 12.6 Å². The highest BCUT2D eigenvalue weighted by molar-refractivity contribution is 5.21. The standard InChI is InChI=1S/C14H19F2NO/c15-11-4-5-12(13(16)8-11)14(17)9-18-7-6-10-2-1-3-10/h4-5,8,10,14H,1-3,6-7,9,17H2. The highest BCUT2D eigenvalue weighted by atomic mass is 19.1. The van der Waals surface area contributed by atoms with Gasteiger partial charge in [-0.1, -0.05) is 25.3 Å². The molecule has 1 fully saturated rings. The predicted octanol–water partition coefficient (Wildman–Crippen LogP) is 3.17. The van der Waals surface area contributed by atoms with Crippen LogP contribution < -0.4 is 5.73 Å². The number of ether oxygens (including phenoxy) is 1. The molecule has 0 heterocycles. The Kier molecular flexibility index (Phi) is 4.66. The summed E-state index contributed by atoms with van der Waals surface area (Å²) in [6.07, 6.45) is 4.97. The van der Waals surface area contributed by atoms with Crippen molar-refractivity contribution >= 4 is 0 Å². The maximum Gasteiger partial charge on any atom is 0.130 e. The lowest BCUT2D eigenvalue weighted by molar-refractivity contribution is 0.0955. The van der Waals surface area contributed by atoms with E-state index in [4.69, 9.17) is 10.5 Å². The van der Waals surface area contributed by atoms with Crippen LogP contribution in [0.2, 0.25) is 0 Å². The largest absolute Gasteiger partial charge is 0.379 e. The Morgan fingerprint density at radius 1 is 1.33 bits per heavy atom. The van der Waals surface area contributed by atoms with E-state index in [2.05, 4.69) is 0 Å². The summed E-state index contributed by atoms with van der Waals surface area (Å²) in [5.41, 5.74) is 6.13. The first-order valence-corrected chi connectivity index (χ1v) is 6.45. The lowest BCUT2D eigenvalue weighted by atomic mass is 9.83. The molecule has 2 rings (SSSR count).